The van der Waals surface area contributed by atoms with Crippen LogP contribution in [0.4, 0.5) is 4.39 Å². The molecule has 0 saturated heterocycles. The molecule has 0 saturated carbocycles. The van der Waals surface area contributed by atoms with Gasteiger partial charge >= 0.3 is 5.97 Å². The molecule has 3 rings (SSSR count). The highest BCUT2D eigenvalue weighted by Gasteiger charge is 2.20. The summed E-state index contributed by atoms with van der Waals surface area (Å²) in [6.07, 6.45) is 0. The summed E-state index contributed by atoms with van der Waals surface area (Å²) in [5, 5.41) is 13.6. The quantitative estimate of drug-likeness (QED) is 0.728. The minimum atomic E-state index is -1.07. The van der Waals surface area contributed by atoms with Crippen LogP contribution in [0.25, 0.3) is 10.9 Å². The number of ether oxygens (including phenoxy) is 1. The van der Waals surface area contributed by atoms with Gasteiger partial charge in [-0.1, -0.05) is 0 Å². The number of carboxylic acid groups (broad SMARTS) is 1. The molecular formula is C17H13FN2O4. The second-order valence-corrected chi connectivity index (χ2v) is 5.12. The highest BCUT2D eigenvalue weighted by atomic mass is 19.1. The maximum Gasteiger partial charge on any atom is 0.325 e. The number of ketones is 1. The van der Waals surface area contributed by atoms with Crippen molar-refractivity contribution in [3.8, 4) is 5.75 Å². The second-order valence-electron chi connectivity index (χ2n) is 5.12. The Morgan fingerprint density at radius 3 is 2.54 bits per heavy atom. The molecule has 3 aromatic rings. The summed E-state index contributed by atoms with van der Waals surface area (Å²) in [5.41, 5.74) is 0.863. The Morgan fingerprint density at radius 1 is 1.21 bits per heavy atom. The molecule has 0 unspecified atom stereocenters. The first-order valence-electron chi connectivity index (χ1n) is 7.06. The van der Waals surface area contributed by atoms with E-state index in [2.05, 4.69) is 5.10 Å². The maximum absolute atomic E-state index is 13.0. The summed E-state index contributed by atoms with van der Waals surface area (Å²) in [5.74, 6) is -1.42. The summed E-state index contributed by atoms with van der Waals surface area (Å²) in [4.78, 5) is 23.7. The number of hydrogen-bond acceptors (Lipinski definition) is 4. The predicted octanol–water partition coefficient (Wildman–Crippen LogP) is 2.50. The van der Waals surface area contributed by atoms with E-state index in [0.717, 1.165) is 0 Å². The van der Waals surface area contributed by atoms with E-state index in [1.165, 1.54) is 36.1 Å². The zero-order valence-electron chi connectivity index (χ0n) is 12.7. The third kappa shape index (κ3) is 2.83. The molecule has 122 valence electrons. The van der Waals surface area contributed by atoms with Crippen LogP contribution in [-0.2, 0) is 11.3 Å². The number of halogens is 1. The van der Waals surface area contributed by atoms with Gasteiger partial charge in [-0.25, -0.2) is 4.39 Å². The Bertz CT molecular complexity index is 932. The summed E-state index contributed by atoms with van der Waals surface area (Å²) < 4.78 is 19.4. The smallest absolute Gasteiger partial charge is 0.325 e. The summed E-state index contributed by atoms with van der Waals surface area (Å²) >= 11 is 0. The van der Waals surface area contributed by atoms with Crippen LogP contribution in [0.15, 0.2) is 42.5 Å². The van der Waals surface area contributed by atoms with Gasteiger partial charge in [-0.15, -0.1) is 0 Å². The Morgan fingerprint density at radius 2 is 1.92 bits per heavy atom. The predicted molar refractivity (Wildman–Crippen MR) is 83.8 cm³/mol. The number of aliphatic carboxylic acids is 1. The molecular weight excluding hydrogens is 315 g/mol. The number of nitrogens with zero attached hydrogens (tertiary/aromatic N) is 2. The molecule has 0 aliphatic heterocycles. The number of methoxy groups -OCH3 is 1. The van der Waals surface area contributed by atoms with Crippen molar-refractivity contribution >= 4 is 22.7 Å². The summed E-state index contributed by atoms with van der Waals surface area (Å²) in [6.45, 7) is -0.375. The van der Waals surface area contributed by atoms with Crippen LogP contribution in [0.1, 0.15) is 16.1 Å². The normalized spacial score (nSPS) is 10.8. The van der Waals surface area contributed by atoms with Crippen molar-refractivity contribution in [3.05, 3.63) is 59.5 Å². The van der Waals surface area contributed by atoms with Gasteiger partial charge in [0.1, 0.15) is 23.8 Å². The van der Waals surface area contributed by atoms with Gasteiger partial charge in [0, 0.05) is 10.9 Å². The van der Waals surface area contributed by atoms with Crippen LogP contribution in [-0.4, -0.2) is 33.7 Å². The lowest BCUT2D eigenvalue weighted by Gasteiger charge is -2.01. The molecule has 0 spiro atoms. The van der Waals surface area contributed by atoms with Crippen molar-refractivity contribution in [2.45, 2.75) is 6.54 Å². The number of carbonyl (C=O) groups excluding carboxylic acids is 1. The SMILES string of the molecule is COc1ccc2c(c1)c(C(=O)c1ccc(F)cc1)nn2CC(=O)O. The molecule has 7 heteroatoms. The number of carbonyl (C=O) groups is 2. The van der Waals surface area contributed by atoms with Crippen molar-refractivity contribution < 1.29 is 23.8 Å². The van der Waals surface area contributed by atoms with Crippen molar-refractivity contribution in [2.75, 3.05) is 7.11 Å². The van der Waals surface area contributed by atoms with E-state index in [1.807, 2.05) is 0 Å². The van der Waals surface area contributed by atoms with Crippen LogP contribution in [0.3, 0.4) is 0 Å². The Hall–Kier alpha value is -3.22. The van der Waals surface area contributed by atoms with E-state index in [9.17, 15) is 14.0 Å². The molecule has 0 aliphatic rings. The molecule has 0 fully saturated rings. The zero-order chi connectivity index (χ0) is 17.3. The fourth-order valence-electron chi connectivity index (χ4n) is 2.44. The third-order valence-corrected chi connectivity index (χ3v) is 3.56. The first kappa shape index (κ1) is 15.7. The van der Waals surface area contributed by atoms with E-state index in [0.29, 0.717) is 16.7 Å². The molecule has 24 heavy (non-hydrogen) atoms. The van der Waals surface area contributed by atoms with Gasteiger partial charge in [-0.05, 0) is 42.5 Å². The van der Waals surface area contributed by atoms with E-state index in [4.69, 9.17) is 9.84 Å². The average molecular weight is 328 g/mol. The summed E-state index contributed by atoms with van der Waals surface area (Å²) in [6, 6.07) is 10.0. The molecule has 0 bridgehead atoms. The molecule has 2 aromatic carbocycles. The van der Waals surface area contributed by atoms with Gasteiger partial charge in [-0.3, -0.25) is 14.3 Å². The fraction of sp³-hybridized carbons (Fsp3) is 0.118. The first-order valence-corrected chi connectivity index (χ1v) is 7.06. The van der Waals surface area contributed by atoms with Crippen LogP contribution in [0.5, 0.6) is 5.75 Å². The van der Waals surface area contributed by atoms with Gasteiger partial charge < -0.3 is 9.84 Å². The van der Waals surface area contributed by atoms with E-state index in [-0.39, 0.29) is 17.8 Å². The molecule has 1 heterocycles. The number of hydrogen-bond donors (Lipinski definition) is 1. The van der Waals surface area contributed by atoms with Gasteiger partial charge in [0.2, 0.25) is 5.78 Å². The lowest BCUT2D eigenvalue weighted by atomic mass is 10.1. The number of aromatic nitrogens is 2. The number of rotatable bonds is 5. The third-order valence-electron chi connectivity index (χ3n) is 3.56. The standard InChI is InChI=1S/C17H13FN2O4/c1-24-12-6-7-14-13(8-12)16(19-20(14)9-15(21)22)17(23)10-2-4-11(18)5-3-10/h2-8H,9H2,1H3,(H,21,22). The van der Waals surface area contributed by atoms with Crippen LogP contribution >= 0.6 is 0 Å². The van der Waals surface area contributed by atoms with Gasteiger partial charge in [-0.2, -0.15) is 5.10 Å². The Labute approximate surface area is 136 Å². The molecule has 1 aromatic heterocycles. The van der Waals surface area contributed by atoms with Crippen molar-refractivity contribution in [3.63, 3.8) is 0 Å². The van der Waals surface area contributed by atoms with Gasteiger partial charge in [0.25, 0.3) is 0 Å². The van der Waals surface area contributed by atoms with E-state index in [1.54, 1.807) is 18.2 Å². The van der Waals surface area contributed by atoms with Crippen LogP contribution in [0, 0.1) is 5.82 Å². The highest BCUT2D eigenvalue weighted by molar-refractivity contribution is 6.15. The van der Waals surface area contributed by atoms with E-state index >= 15 is 0 Å². The van der Waals surface area contributed by atoms with Gasteiger partial charge in [0.05, 0.1) is 12.6 Å². The van der Waals surface area contributed by atoms with E-state index < -0.39 is 17.6 Å². The van der Waals surface area contributed by atoms with Crippen molar-refractivity contribution in [2.24, 2.45) is 0 Å². The molecule has 0 aliphatic carbocycles. The Balaban J connectivity index is 2.16. The van der Waals surface area contributed by atoms with Crippen molar-refractivity contribution in [1.82, 2.24) is 9.78 Å². The lowest BCUT2D eigenvalue weighted by molar-refractivity contribution is -0.137. The monoisotopic (exact) mass is 328 g/mol. The minimum Gasteiger partial charge on any atom is -0.497 e. The molecule has 0 atom stereocenters. The van der Waals surface area contributed by atoms with Gasteiger partial charge in [0.15, 0.2) is 0 Å². The molecule has 0 radical (unpaired) electrons. The second kappa shape index (κ2) is 6.11. The zero-order valence-corrected chi connectivity index (χ0v) is 12.7. The Kier molecular flexibility index (Phi) is 3.99. The number of carboxylic acids is 1. The minimum absolute atomic E-state index is 0.0942. The number of benzene rings is 2. The van der Waals surface area contributed by atoms with Crippen LogP contribution in [0.2, 0.25) is 0 Å². The molecule has 6 nitrogen and oxygen atoms in total. The largest absolute Gasteiger partial charge is 0.497 e. The number of fused-ring (bicyclic) bond motifs is 1. The molecule has 1 N–H and O–H groups in total. The lowest BCUT2D eigenvalue weighted by Crippen LogP contribution is -2.11. The topological polar surface area (TPSA) is 81.4 Å². The van der Waals surface area contributed by atoms with Crippen LogP contribution < -0.4 is 4.74 Å². The molecule has 0 amide bonds. The fourth-order valence-corrected chi connectivity index (χ4v) is 2.44. The first-order chi connectivity index (χ1) is 11.5. The summed E-state index contributed by atoms with van der Waals surface area (Å²) in [7, 11) is 1.49. The highest BCUT2D eigenvalue weighted by Crippen LogP contribution is 2.26. The van der Waals surface area contributed by atoms with Crippen molar-refractivity contribution in [1.29, 1.82) is 0 Å². The average Bonchev–Trinajstić information content (AvgIpc) is 2.92. The maximum atomic E-state index is 13.0.